The molecule has 1 fully saturated rings. The van der Waals surface area contributed by atoms with Gasteiger partial charge in [0.15, 0.2) is 9.84 Å². The predicted molar refractivity (Wildman–Crippen MR) is 82.1 cm³/mol. The molecule has 0 atom stereocenters. The van der Waals surface area contributed by atoms with Crippen molar-refractivity contribution in [2.75, 3.05) is 57.5 Å². The molecule has 0 amide bonds. The third-order valence-electron chi connectivity index (χ3n) is 3.67. The second kappa shape index (κ2) is 6.56. The van der Waals surface area contributed by atoms with E-state index in [1.54, 1.807) is 12.1 Å². The van der Waals surface area contributed by atoms with E-state index >= 15 is 0 Å². The Hall–Kier alpha value is -1.11. The summed E-state index contributed by atoms with van der Waals surface area (Å²) in [5, 5.41) is 3.34. The van der Waals surface area contributed by atoms with Crippen LogP contribution in [-0.4, -0.2) is 65.9 Å². The van der Waals surface area contributed by atoms with Crippen LogP contribution >= 0.6 is 0 Å². The van der Waals surface area contributed by atoms with E-state index in [1.165, 1.54) is 6.26 Å². The van der Waals surface area contributed by atoms with Crippen LogP contribution in [0.15, 0.2) is 29.2 Å². The van der Waals surface area contributed by atoms with Crippen LogP contribution in [0, 0.1) is 0 Å². The zero-order valence-corrected chi connectivity index (χ0v) is 13.0. The number of rotatable bonds is 5. The second-order valence-electron chi connectivity index (χ2n) is 5.28. The van der Waals surface area contributed by atoms with Crippen LogP contribution in [0.5, 0.6) is 0 Å². The normalized spacial score (nSPS) is 17.1. The molecule has 1 aromatic rings. The Bertz CT molecular complexity index is 522. The lowest BCUT2D eigenvalue weighted by atomic mass is 10.3. The fourth-order valence-electron chi connectivity index (χ4n) is 2.30. The number of hydrogen-bond donors (Lipinski definition) is 1. The number of nitrogens with one attached hydrogen (secondary N) is 1. The zero-order valence-electron chi connectivity index (χ0n) is 12.2. The van der Waals surface area contributed by atoms with Crippen molar-refractivity contribution in [2.45, 2.75) is 4.90 Å². The molecule has 0 bridgehead atoms. The number of piperazine rings is 1. The van der Waals surface area contributed by atoms with Crippen molar-refractivity contribution in [2.24, 2.45) is 0 Å². The van der Waals surface area contributed by atoms with E-state index in [-0.39, 0.29) is 0 Å². The van der Waals surface area contributed by atoms with Crippen molar-refractivity contribution in [3.63, 3.8) is 0 Å². The van der Waals surface area contributed by atoms with E-state index in [0.29, 0.717) is 4.90 Å². The predicted octanol–water partition coefficient (Wildman–Crippen LogP) is 0.432. The van der Waals surface area contributed by atoms with Crippen LogP contribution in [0.1, 0.15) is 0 Å². The largest absolute Gasteiger partial charge is 0.373 e. The molecule has 1 aliphatic heterocycles. The van der Waals surface area contributed by atoms with Gasteiger partial charge in [-0.05, 0) is 24.3 Å². The molecule has 1 aliphatic rings. The smallest absolute Gasteiger partial charge is 0.175 e. The van der Waals surface area contributed by atoms with Crippen molar-refractivity contribution < 1.29 is 8.42 Å². The molecule has 2 rings (SSSR count). The number of benzene rings is 1. The van der Waals surface area contributed by atoms with E-state index in [2.05, 4.69) is 15.1 Å². The quantitative estimate of drug-likeness (QED) is 0.854. The highest BCUT2D eigenvalue weighted by molar-refractivity contribution is 7.90. The van der Waals surface area contributed by atoms with Crippen LogP contribution < -0.4 is 10.2 Å². The summed E-state index contributed by atoms with van der Waals surface area (Å²) in [6, 6.07) is 7.08. The van der Waals surface area contributed by atoms with Crippen LogP contribution in [0.4, 0.5) is 5.69 Å². The van der Waals surface area contributed by atoms with E-state index in [4.69, 9.17) is 0 Å². The molecule has 1 saturated heterocycles. The van der Waals surface area contributed by atoms with Crippen LogP contribution in [0.3, 0.4) is 0 Å². The van der Waals surface area contributed by atoms with E-state index in [0.717, 1.165) is 45.0 Å². The van der Waals surface area contributed by atoms with Crippen molar-refractivity contribution in [1.29, 1.82) is 0 Å². The molecule has 1 aromatic carbocycles. The van der Waals surface area contributed by atoms with Gasteiger partial charge in [-0.25, -0.2) is 8.42 Å². The van der Waals surface area contributed by atoms with Crippen LogP contribution in [0.2, 0.25) is 0 Å². The van der Waals surface area contributed by atoms with Gasteiger partial charge in [0.25, 0.3) is 0 Å². The van der Waals surface area contributed by atoms with Gasteiger partial charge < -0.3 is 10.2 Å². The number of likely N-dealkylation sites (N-methyl/N-ethyl adjacent to an activating group) is 1. The molecule has 20 heavy (non-hydrogen) atoms. The van der Waals surface area contributed by atoms with Gasteiger partial charge in [0.1, 0.15) is 0 Å². The van der Waals surface area contributed by atoms with E-state index in [9.17, 15) is 8.42 Å². The Morgan fingerprint density at radius 2 is 1.80 bits per heavy atom. The number of nitrogens with zero attached hydrogens (tertiary/aromatic N) is 2. The van der Waals surface area contributed by atoms with Gasteiger partial charge in [0.2, 0.25) is 0 Å². The molecule has 0 unspecified atom stereocenters. The first kappa shape index (κ1) is 15.3. The Kier molecular flexibility index (Phi) is 5.01. The molecule has 1 N–H and O–H groups in total. The summed E-state index contributed by atoms with van der Waals surface area (Å²) >= 11 is 0. The third-order valence-corrected chi connectivity index (χ3v) is 4.80. The van der Waals surface area contributed by atoms with Crippen molar-refractivity contribution in [3.05, 3.63) is 24.3 Å². The Morgan fingerprint density at radius 3 is 2.35 bits per heavy atom. The summed E-state index contributed by atoms with van der Waals surface area (Å²) in [6.45, 7) is 6.30. The molecule has 5 nitrogen and oxygen atoms in total. The molecule has 0 radical (unpaired) electrons. The molecule has 1 heterocycles. The molecular formula is C14H23N3O2S. The second-order valence-corrected chi connectivity index (χ2v) is 7.29. The highest BCUT2D eigenvalue weighted by Crippen LogP contribution is 2.16. The monoisotopic (exact) mass is 297 g/mol. The third kappa shape index (κ3) is 4.19. The SMILES string of the molecule is CN(CCN1CCNCC1)c1ccc(S(C)(=O)=O)cc1. The maximum absolute atomic E-state index is 11.4. The fourth-order valence-corrected chi connectivity index (χ4v) is 2.93. The van der Waals surface area contributed by atoms with Gasteiger partial charge in [-0.1, -0.05) is 0 Å². The molecule has 0 aromatic heterocycles. The van der Waals surface area contributed by atoms with E-state index in [1.807, 2.05) is 19.2 Å². The van der Waals surface area contributed by atoms with Crippen LogP contribution in [-0.2, 0) is 9.84 Å². The van der Waals surface area contributed by atoms with Crippen molar-refractivity contribution in [1.82, 2.24) is 10.2 Å². The maximum Gasteiger partial charge on any atom is 0.175 e. The fraction of sp³-hybridized carbons (Fsp3) is 0.571. The lowest BCUT2D eigenvalue weighted by Gasteiger charge is -2.29. The minimum Gasteiger partial charge on any atom is -0.373 e. The van der Waals surface area contributed by atoms with Gasteiger partial charge in [0.05, 0.1) is 4.90 Å². The lowest BCUT2D eigenvalue weighted by Crippen LogP contribution is -2.46. The number of sulfone groups is 1. The average Bonchev–Trinajstić information content (AvgIpc) is 2.45. The van der Waals surface area contributed by atoms with Gasteiger partial charge in [-0.3, -0.25) is 4.90 Å². The first-order valence-electron chi connectivity index (χ1n) is 6.91. The van der Waals surface area contributed by atoms with Crippen LogP contribution in [0.25, 0.3) is 0 Å². The summed E-state index contributed by atoms with van der Waals surface area (Å²) in [5.74, 6) is 0. The summed E-state index contributed by atoms with van der Waals surface area (Å²) in [6.07, 6.45) is 1.23. The van der Waals surface area contributed by atoms with Crippen molar-refractivity contribution in [3.8, 4) is 0 Å². The number of hydrogen-bond acceptors (Lipinski definition) is 5. The maximum atomic E-state index is 11.4. The molecule has 6 heteroatoms. The Morgan fingerprint density at radius 1 is 1.20 bits per heavy atom. The lowest BCUT2D eigenvalue weighted by molar-refractivity contribution is 0.246. The molecular weight excluding hydrogens is 274 g/mol. The molecule has 0 saturated carbocycles. The summed E-state index contributed by atoms with van der Waals surface area (Å²) in [4.78, 5) is 4.98. The summed E-state index contributed by atoms with van der Waals surface area (Å²) in [5.41, 5.74) is 1.05. The average molecular weight is 297 g/mol. The van der Waals surface area contributed by atoms with Gasteiger partial charge >= 0.3 is 0 Å². The van der Waals surface area contributed by atoms with Crippen molar-refractivity contribution >= 4 is 15.5 Å². The Balaban J connectivity index is 1.90. The standard InChI is InChI=1S/C14H23N3O2S/c1-16(11-12-17-9-7-15-8-10-17)13-3-5-14(6-4-13)20(2,18)19/h3-6,15H,7-12H2,1-2H3. The van der Waals surface area contributed by atoms with E-state index < -0.39 is 9.84 Å². The Labute approximate surface area is 121 Å². The first-order chi connectivity index (χ1) is 9.47. The zero-order chi connectivity index (χ0) is 14.6. The highest BCUT2D eigenvalue weighted by Gasteiger charge is 2.11. The highest BCUT2D eigenvalue weighted by atomic mass is 32.2. The molecule has 112 valence electrons. The molecule has 0 aliphatic carbocycles. The topological polar surface area (TPSA) is 52.6 Å². The van der Waals surface area contributed by atoms with Gasteiger partial charge in [-0.15, -0.1) is 0 Å². The minimum atomic E-state index is -3.11. The summed E-state index contributed by atoms with van der Waals surface area (Å²) in [7, 11) is -1.07. The van der Waals surface area contributed by atoms with Gasteiger partial charge in [0, 0.05) is 58.3 Å². The van der Waals surface area contributed by atoms with Gasteiger partial charge in [-0.2, -0.15) is 0 Å². The first-order valence-corrected chi connectivity index (χ1v) is 8.80. The minimum absolute atomic E-state index is 0.372. The summed E-state index contributed by atoms with van der Waals surface area (Å²) < 4.78 is 22.8. The number of anilines is 1. The molecule has 0 spiro atoms.